The molecular weight excluding hydrogens is 330 g/mol. The summed E-state index contributed by atoms with van der Waals surface area (Å²) < 4.78 is 1.33. The molecule has 1 aromatic carbocycles. The summed E-state index contributed by atoms with van der Waals surface area (Å²) in [5.74, 6) is 0.439. The molecule has 2 heterocycles. The second kappa shape index (κ2) is 8.03. The summed E-state index contributed by atoms with van der Waals surface area (Å²) in [6.07, 6.45) is 3.68. The van der Waals surface area contributed by atoms with Crippen LogP contribution in [0.1, 0.15) is 18.4 Å². The lowest BCUT2D eigenvalue weighted by Crippen LogP contribution is -2.40. The lowest BCUT2D eigenvalue weighted by Gasteiger charge is -2.33. The van der Waals surface area contributed by atoms with Crippen LogP contribution in [0.4, 0.5) is 16.2 Å². The van der Waals surface area contributed by atoms with E-state index in [4.69, 9.17) is 0 Å². The Kier molecular flexibility index (Phi) is 5.55. The van der Waals surface area contributed by atoms with Gasteiger partial charge >= 0.3 is 6.03 Å². The van der Waals surface area contributed by atoms with Gasteiger partial charge in [0.05, 0.1) is 11.9 Å². The highest BCUT2D eigenvalue weighted by atomic mass is 16.2. The molecule has 7 heteroatoms. The fraction of sp³-hybridized carbons (Fsp3) is 0.421. The van der Waals surface area contributed by atoms with Crippen molar-refractivity contribution in [3.63, 3.8) is 0 Å². The highest BCUT2D eigenvalue weighted by Gasteiger charge is 2.20. The Bertz CT molecular complexity index is 825. The van der Waals surface area contributed by atoms with Crippen LogP contribution in [0, 0.1) is 12.8 Å². The highest BCUT2D eigenvalue weighted by molar-refractivity contribution is 5.89. The number of anilines is 2. The molecule has 2 amide bonds. The second-order valence-electron chi connectivity index (χ2n) is 6.81. The van der Waals surface area contributed by atoms with Gasteiger partial charge in [0.1, 0.15) is 0 Å². The number of piperidine rings is 1. The Balaban J connectivity index is 1.44. The van der Waals surface area contributed by atoms with Gasteiger partial charge in [-0.1, -0.05) is 12.1 Å². The molecule has 0 unspecified atom stereocenters. The first-order valence-electron chi connectivity index (χ1n) is 8.91. The van der Waals surface area contributed by atoms with Crippen molar-refractivity contribution in [2.75, 3.05) is 29.9 Å². The largest absolute Gasteiger partial charge is 0.370 e. The number of benzene rings is 1. The van der Waals surface area contributed by atoms with E-state index in [1.165, 1.54) is 4.68 Å². The van der Waals surface area contributed by atoms with Gasteiger partial charge in [0.25, 0.3) is 5.56 Å². The number of nitrogens with one attached hydrogen (secondary N) is 2. The van der Waals surface area contributed by atoms with E-state index in [0.29, 0.717) is 12.5 Å². The van der Waals surface area contributed by atoms with Crippen molar-refractivity contribution < 1.29 is 4.79 Å². The van der Waals surface area contributed by atoms with Gasteiger partial charge in [0, 0.05) is 38.4 Å². The van der Waals surface area contributed by atoms with Crippen LogP contribution in [0.25, 0.3) is 0 Å². The number of carbonyl (C=O) groups is 1. The van der Waals surface area contributed by atoms with Crippen molar-refractivity contribution >= 4 is 17.4 Å². The molecule has 138 valence electrons. The van der Waals surface area contributed by atoms with E-state index in [0.717, 1.165) is 42.9 Å². The number of aryl methyl sites for hydroxylation is 2. The smallest absolute Gasteiger partial charge is 0.319 e. The van der Waals surface area contributed by atoms with Crippen LogP contribution < -0.4 is 21.1 Å². The molecule has 0 atom stereocenters. The van der Waals surface area contributed by atoms with Crippen molar-refractivity contribution in [1.29, 1.82) is 0 Å². The highest BCUT2D eigenvalue weighted by Crippen LogP contribution is 2.21. The minimum atomic E-state index is -0.172. The molecule has 0 bridgehead atoms. The maximum absolute atomic E-state index is 12.0. The Morgan fingerprint density at radius 3 is 2.73 bits per heavy atom. The van der Waals surface area contributed by atoms with E-state index in [-0.39, 0.29) is 11.6 Å². The third-order valence-corrected chi connectivity index (χ3v) is 4.76. The first-order chi connectivity index (χ1) is 12.5. The quantitative estimate of drug-likeness (QED) is 0.881. The van der Waals surface area contributed by atoms with Gasteiger partial charge in [-0.2, -0.15) is 5.10 Å². The first kappa shape index (κ1) is 18.0. The third-order valence-electron chi connectivity index (χ3n) is 4.76. The number of aromatic nitrogens is 2. The van der Waals surface area contributed by atoms with Crippen LogP contribution in [0.15, 0.2) is 41.3 Å². The molecule has 7 nitrogen and oxygen atoms in total. The van der Waals surface area contributed by atoms with E-state index in [1.807, 2.05) is 31.2 Å². The van der Waals surface area contributed by atoms with Crippen LogP contribution in [0.5, 0.6) is 0 Å². The molecule has 2 aromatic rings. The van der Waals surface area contributed by atoms with E-state index < -0.39 is 0 Å². The predicted octanol–water partition coefficient (Wildman–Crippen LogP) is 2.13. The molecule has 0 spiro atoms. The summed E-state index contributed by atoms with van der Waals surface area (Å²) in [6.45, 7) is 4.37. The second-order valence-corrected chi connectivity index (χ2v) is 6.81. The number of rotatable bonds is 4. The molecular formula is C19H25N5O2. The zero-order chi connectivity index (χ0) is 18.5. The molecule has 2 N–H and O–H groups in total. The molecule has 3 rings (SSSR count). The fourth-order valence-corrected chi connectivity index (χ4v) is 3.16. The Morgan fingerprint density at radius 1 is 1.27 bits per heavy atom. The minimum Gasteiger partial charge on any atom is -0.370 e. The van der Waals surface area contributed by atoms with Crippen LogP contribution >= 0.6 is 0 Å². The first-order valence-corrected chi connectivity index (χ1v) is 8.91. The standard InChI is InChI=1S/C19H25N5O2/c1-14-4-3-5-16(10-14)22-19(26)20-12-15-6-8-24(9-7-15)17-11-18(25)23(2)21-13-17/h3-5,10-11,13,15H,6-9,12H2,1-2H3,(H2,20,22,26). The molecule has 1 aromatic heterocycles. The third kappa shape index (κ3) is 4.62. The average Bonchev–Trinajstić information content (AvgIpc) is 2.63. The summed E-state index contributed by atoms with van der Waals surface area (Å²) in [4.78, 5) is 25.9. The van der Waals surface area contributed by atoms with E-state index >= 15 is 0 Å². The molecule has 1 saturated heterocycles. The summed E-state index contributed by atoms with van der Waals surface area (Å²) in [7, 11) is 1.64. The van der Waals surface area contributed by atoms with Gasteiger partial charge in [-0.05, 0) is 43.4 Å². The van der Waals surface area contributed by atoms with Crippen molar-refractivity contribution in [3.05, 3.63) is 52.4 Å². The van der Waals surface area contributed by atoms with Crippen molar-refractivity contribution in [1.82, 2.24) is 15.1 Å². The van der Waals surface area contributed by atoms with E-state index in [1.54, 1.807) is 19.3 Å². The molecule has 1 fully saturated rings. The van der Waals surface area contributed by atoms with Crippen LogP contribution in [-0.2, 0) is 7.05 Å². The number of hydrogen-bond donors (Lipinski definition) is 2. The zero-order valence-corrected chi connectivity index (χ0v) is 15.2. The number of nitrogens with zero attached hydrogens (tertiary/aromatic N) is 3. The topological polar surface area (TPSA) is 79.3 Å². The van der Waals surface area contributed by atoms with Gasteiger partial charge in [0.15, 0.2) is 0 Å². The van der Waals surface area contributed by atoms with Gasteiger partial charge in [-0.25, -0.2) is 9.48 Å². The monoisotopic (exact) mass is 355 g/mol. The van der Waals surface area contributed by atoms with Gasteiger partial charge < -0.3 is 15.5 Å². The zero-order valence-electron chi connectivity index (χ0n) is 15.2. The molecule has 1 aliphatic rings. The molecule has 26 heavy (non-hydrogen) atoms. The van der Waals surface area contributed by atoms with Crippen molar-refractivity contribution in [2.45, 2.75) is 19.8 Å². The summed E-state index contributed by atoms with van der Waals surface area (Å²) in [5, 5.41) is 9.90. The summed E-state index contributed by atoms with van der Waals surface area (Å²) in [5.41, 5.74) is 2.69. The molecule has 0 radical (unpaired) electrons. The van der Waals surface area contributed by atoms with Crippen LogP contribution in [0.2, 0.25) is 0 Å². The molecule has 1 aliphatic heterocycles. The minimum absolute atomic E-state index is 0.0980. The number of carbonyl (C=O) groups excluding carboxylic acids is 1. The van der Waals surface area contributed by atoms with Crippen molar-refractivity contribution in [3.8, 4) is 0 Å². The van der Waals surface area contributed by atoms with E-state index in [9.17, 15) is 9.59 Å². The Morgan fingerprint density at radius 2 is 2.04 bits per heavy atom. The van der Waals surface area contributed by atoms with Gasteiger partial charge in [-0.15, -0.1) is 0 Å². The Hall–Kier alpha value is -2.83. The maximum atomic E-state index is 12.0. The predicted molar refractivity (Wildman–Crippen MR) is 103 cm³/mol. The van der Waals surface area contributed by atoms with Crippen molar-refractivity contribution in [2.24, 2.45) is 13.0 Å². The normalized spacial score (nSPS) is 14.9. The number of urea groups is 1. The van der Waals surface area contributed by atoms with E-state index in [2.05, 4.69) is 20.6 Å². The van der Waals surface area contributed by atoms with Crippen LogP contribution in [0.3, 0.4) is 0 Å². The van der Waals surface area contributed by atoms with Crippen LogP contribution in [-0.4, -0.2) is 35.4 Å². The SMILES string of the molecule is Cc1cccc(NC(=O)NCC2CCN(c3cnn(C)c(=O)c3)CC2)c1. The van der Waals surface area contributed by atoms with Gasteiger partial charge in [0.2, 0.25) is 0 Å². The molecule has 0 aliphatic carbocycles. The molecule has 0 saturated carbocycles. The summed E-state index contributed by atoms with van der Waals surface area (Å²) in [6, 6.07) is 9.19. The average molecular weight is 355 g/mol. The lowest BCUT2D eigenvalue weighted by atomic mass is 9.96. The number of hydrogen-bond acceptors (Lipinski definition) is 4. The lowest BCUT2D eigenvalue weighted by molar-refractivity contribution is 0.248. The maximum Gasteiger partial charge on any atom is 0.319 e. The Labute approximate surface area is 153 Å². The van der Waals surface area contributed by atoms with Gasteiger partial charge in [-0.3, -0.25) is 4.79 Å². The fourth-order valence-electron chi connectivity index (χ4n) is 3.16. The summed E-state index contributed by atoms with van der Waals surface area (Å²) >= 11 is 0. The number of amides is 2.